The average molecular weight is 403 g/mol. The minimum atomic E-state index is -4.52. The summed E-state index contributed by atoms with van der Waals surface area (Å²) in [6.07, 6.45) is -3.27. The van der Waals surface area contributed by atoms with E-state index in [1.807, 2.05) is 0 Å². The lowest BCUT2D eigenvalue weighted by Crippen LogP contribution is -2.37. The van der Waals surface area contributed by atoms with Crippen molar-refractivity contribution in [3.8, 4) is 0 Å². The number of aryl methyl sites for hydroxylation is 1. The van der Waals surface area contributed by atoms with Crippen molar-refractivity contribution in [3.05, 3.63) is 46.5 Å². The normalized spacial score (nSPS) is 18.1. The highest BCUT2D eigenvalue weighted by molar-refractivity contribution is 7.80. The van der Waals surface area contributed by atoms with Crippen LogP contribution >= 0.6 is 24.2 Å². The zero-order valence-electron chi connectivity index (χ0n) is 13.6. The van der Waals surface area contributed by atoms with Crippen LogP contribution < -0.4 is 15.7 Å². The summed E-state index contributed by atoms with van der Waals surface area (Å²) in [5.41, 5.74) is 5.20. The fourth-order valence-corrected chi connectivity index (χ4v) is 3.44. The number of halogens is 4. The van der Waals surface area contributed by atoms with Gasteiger partial charge in [-0.2, -0.15) is 17.9 Å². The van der Waals surface area contributed by atoms with Gasteiger partial charge in [-0.05, 0) is 28.8 Å². The number of rotatable bonds is 3. The van der Waals surface area contributed by atoms with Crippen LogP contribution in [0.15, 0.2) is 45.8 Å². The van der Waals surface area contributed by atoms with Crippen LogP contribution in [0.25, 0.3) is 5.57 Å². The molecule has 1 aromatic carbocycles. The second-order valence-electron chi connectivity index (χ2n) is 5.86. The number of anilines is 2. The van der Waals surface area contributed by atoms with E-state index in [0.29, 0.717) is 16.4 Å². The van der Waals surface area contributed by atoms with E-state index in [-0.39, 0.29) is 23.0 Å². The van der Waals surface area contributed by atoms with Crippen molar-refractivity contribution in [2.45, 2.75) is 23.5 Å². The van der Waals surface area contributed by atoms with Crippen molar-refractivity contribution < 1.29 is 17.9 Å². The first kappa shape index (κ1) is 18.7. The molecular formula is C16H16ClF3N5S+. The molecule has 26 heavy (non-hydrogen) atoms. The Bertz CT molecular complexity index is 904. The van der Waals surface area contributed by atoms with E-state index in [0.717, 1.165) is 0 Å². The Morgan fingerprint density at radius 3 is 2.73 bits per heavy atom. The maximum atomic E-state index is 13.7. The smallest absolute Gasteiger partial charge is 0.353 e. The zero-order chi connectivity index (χ0) is 19.1. The van der Waals surface area contributed by atoms with Gasteiger partial charge in [0.25, 0.3) is 0 Å². The Kier molecular flexibility index (Phi) is 4.94. The summed E-state index contributed by atoms with van der Waals surface area (Å²) < 4.78 is 42.6. The Balaban J connectivity index is 2.00. The third-order valence-corrected chi connectivity index (χ3v) is 4.52. The molecule has 10 heteroatoms. The Morgan fingerprint density at radius 2 is 2.15 bits per heavy atom. The zero-order valence-corrected chi connectivity index (χ0v) is 15.3. The minimum Gasteiger partial charge on any atom is -0.353 e. The van der Waals surface area contributed by atoms with Crippen LogP contribution in [-0.2, 0) is 7.05 Å². The lowest BCUT2D eigenvalue weighted by molar-refractivity contribution is -0.713. The van der Waals surface area contributed by atoms with Crippen molar-refractivity contribution in [2.24, 2.45) is 7.05 Å². The molecule has 3 rings (SSSR count). The third-order valence-electron chi connectivity index (χ3n) is 3.93. The molecule has 0 radical (unpaired) electrons. The summed E-state index contributed by atoms with van der Waals surface area (Å²) in [5, 5.41) is 5.65. The highest BCUT2D eigenvalue weighted by Gasteiger charge is 2.41. The molecule has 1 aromatic heterocycles. The highest BCUT2D eigenvalue weighted by atomic mass is 35.5. The number of allylic oxidation sites excluding steroid dienone is 2. The Hall–Kier alpha value is -2.13. The number of aromatic nitrogens is 3. The van der Waals surface area contributed by atoms with E-state index in [9.17, 15) is 13.2 Å². The summed E-state index contributed by atoms with van der Waals surface area (Å²) in [7, 11) is 1.64. The molecule has 1 aliphatic carbocycles. The largest absolute Gasteiger partial charge is 0.413 e. The monoisotopic (exact) mass is 402 g/mol. The third kappa shape index (κ3) is 3.83. The molecule has 5 nitrogen and oxygen atoms in total. The minimum absolute atomic E-state index is 0.0196. The molecule has 0 fully saturated rings. The van der Waals surface area contributed by atoms with Crippen molar-refractivity contribution >= 4 is 41.7 Å². The Morgan fingerprint density at radius 1 is 1.42 bits per heavy atom. The second kappa shape index (κ2) is 6.88. The SMILES string of the molecule is C[n+]1[nH]c(N)nc1NC1C=C(Cl)C(c2cccc(S)c2)=C(C(F)(F)F)C1. The Labute approximate surface area is 158 Å². The number of nitrogens with two attached hydrogens (primary N) is 1. The fraction of sp³-hybridized carbons (Fsp3) is 0.250. The van der Waals surface area contributed by atoms with Crippen LogP contribution in [0, 0.1) is 0 Å². The van der Waals surface area contributed by atoms with Crippen molar-refractivity contribution in [3.63, 3.8) is 0 Å². The van der Waals surface area contributed by atoms with Crippen molar-refractivity contribution in [2.75, 3.05) is 11.1 Å². The number of nitrogen functional groups attached to an aromatic ring is 1. The number of H-pyrrole nitrogens is 1. The van der Waals surface area contributed by atoms with E-state index in [2.05, 4.69) is 28.0 Å². The summed E-state index contributed by atoms with van der Waals surface area (Å²) >= 11 is 10.5. The molecule has 138 valence electrons. The highest BCUT2D eigenvalue weighted by Crippen LogP contribution is 2.43. The number of thiol groups is 1. The molecule has 1 heterocycles. The predicted octanol–water partition coefficient (Wildman–Crippen LogP) is 3.43. The number of hydrogen-bond acceptors (Lipinski definition) is 4. The van der Waals surface area contributed by atoms with Gasteiger partial charge in [0, 0.05) is 27.5 Å². The van der Waals surface area contributed by atoms with Gasteiger partial charge in [-0.3, -0.25) is 5.32 Å². The van der Waals surface area contributed by atoms with Gasteiger partial charge < -0.3 is 5.73 Å². The van der Waals surface area contributed by atoms with Gasteiger partial charge in [0.05, 0.1) is 13.1 Å². The molecule has 0 saturated carbocycles. The van der Waals surface area contributed by atoms with E-state index in [1.165, 1.54) is 4.68 Å². The van der Waals surface area contributed by atoms with E-state index in [4.69, 9.17) is 17.3 Å². The molecule has 1 aliphatic rings. The van der Waals surface area contributed by atoms with Gasteiger partial charge in [0.15, 0.2) is 0 Å². The molecule has 0 aliphatic heterocycles. The molecular weight excluding hydrogens is 387 g/mol. The molecule has 2 aromatic rings. The molecule has 1 unspecified atom stereocenters. The first-order valence-corrected chi connectivity index (χ1v) is 8.43. The maximum absolute atomic E-state index is 13.7. The predicted molar refractivity (Wildman–Crippen MR) is 96.8 cm³/mol. The van der Waals surface area contributed by atoms with Gasteiger partial charge >= 0.3 is 18.1 Å². The lowest BCUT2D eigenvalue weighted by Gasteiger charge is -2.25. The number of aromatic amines is 1. The van der Waals surface area contributed by atoms with Crippen molar-refractivity contribution in [1.82, 2.24) is 10.1 Å². The van der Waals surface area contributed by atoms with Crippen LogP contribution in [0.2, 0.25) is 0 Å². The molecule has 0 amide bonds. The van der Waals surface area contributed by atoms with E-state index >= 15 is 0 Å². The number of alkyl halides is 3. The molecule has 0 bridgehead atoms. The standard InChI is InChI=1S/C16H15ClF3N5S/c1-25-15(23-14(21)24-25)22-9-6-11(16(18,19)20)13(12(17)7-9)8-3-2-4-10(26)5-8/h2-5,7,9H,6H2,1H3,(H4,21,22,23,24,26)/p+1. The van der Waals surface area contributed by atoms with E-state index < -0.39 is 17.8 Å². The molecule has 0 saturated heterocycles. The molecule has 0 spiro atoms. The summed E-state index contributed by atoms with van der Waals surface area (Å²) in [5.74, 6) is 0.467. The van der Waals surface area contributed by atoms with Gasteiger partial charge in [0.1, 0.15) is 0 Å². The van der Waals surface area contributed by atoms with Crippen LogP contribution in [0.1, 0.15) is 12.0 Å². The topological polar surface area (TPSA) is 70.6 Å². The van der Waals surface area contributed by atoms with Crippen LogP contribution in [-0.4, -0.2) is 22.3 Å². The quantitative estimate of drug-likeness (QED) is 0.469. The number of hydrogen-bond donors (Lipinski definition) is 4. The first-order chi connectivity index (χ1) is 12.1. The van der Waals surface area contributed by atoms with Gasteiger partial charge in [-0.25, -0.2) is 5.10 Å². The average Bonchev–Trinajstić information content (AvgIpc) is 2.83. The number of nitrogens with zero attached hydrogens (tertiary/aromatic N) is 2. The fourth-order valence-electron chi connectivity index (χ4n) is 2.84. The van der Waals surface area contributed by atoms with Gasteiger partial charge in [-0.1, -0.05) is 23.7 Å². The maximum Gasteiger partial charge on any atom is 0.413 e. The molecule has 1 atom stereocenters. The number of nitrogens with one attached hydrogen (secondary N) is 2. The van der Waals surface area contributed by atoms with E-state index in [1.54, 1.807) is 37.4 Å². The summed E-state index contributed by atoms with van der Waals surface area (Å²) in [6.45, 7) is 0. The van der Waals surface area contributed by atoms with Crippen LogP contribution in [0.3, 0.4) is 0 Å². The molecule has 4 N–H and O–H groups in total. The van der Waals surface area contributed by atoms with Crippen LogP contribution in [0.4, 0.5) is 25.1 Å². The van der Waals surface area contributed by atoms with Crippen molar-refractivity contribution in [1.29, 1.82) is 0 Å². The summed E-state index contributed by atoms with van der Waals surface area (Å²) in [6, 6.07) is 5.78. The lowest BCUT2D eigenvalue weighted by atomic mass is 9.89. The van der Waals surface area contributed by atoms with Gasteiger partial charge in [0.2, 0.25) is 0 Å². The second-order valence-corrected chi connectivity index (χ2v) is 6.79. The number of benzene rings is 1. The van der Waals surface area contributed by atoms with Gasteiger partial charge in [-0.15, -0.1) is 12.6 Å². The summed E-state index contributed by atoms with van der Waals surface area (Å²) in [4.78, 5) is 4.56. The van der Waals surface area contributed by atoms with Crippen LogP contribution in [0.5, 0.6) is 0 Å². The first-order valence-electron chi connectivity index (χ1n) is 7.60.